The summed E-state index contributed by atoms with van der Waals surface area (Å²) in [5.74, 6) is -0.853. The maximum Gasteiger partial charge on any atom is 0.257 e. The van der Waals surface area contributed by atoms with Crippen molar-refractivity contribution in [2.45, 2.75) is 38.1 Å². The van der Waals surface area contributed by atoms with Crippen molar-refractivity contribution < 1.29 is 18.8 Å². The summed E-state index contributed by atoms with van der Waals surface area (Å²) in [6.45, 7) is 0.810. The van der Waals surface area contributed by atoms with Crippen LogP contribution in [0.1, 0.15) is 41.6 Å². The normalized spacial score (nSPS) is 27.4. The van der Waals surface area contributed by atoms with E-state index in [1.54, 1.807) is 24.1 Å². The number of benzene rings is 1. The number of rotatable bonds is 3. The molecule has 1 saturated carbocycles. The number of hydrogen-bond donors (Lipinski definition) is 2. The first kappa shape index (κ1) is 19.8. The van der Waals surface area contributed by atoms with Crippen molar-refractivity contribution in [1.29, 1.82) is 0 Å². The molecule has 29 heavy (non-hydrogen) atoms. The lowest BCUT2D eigenvalue weighted by Crippen LogP contribution is -2.60. The average Bonchev–Trinajstić information content (AvgIpc) is 2.73. The Kier molecular flexibility index (Phi) is 5.54. The van der Waals surface area contributed by atoms with Gasteiger partial charge in [0, 0.05) is 32.1 Å². The Morgan fingerprint density at radius 2 is 2.00 bits per heavy atom. The van der Waals surface area contributed by atoms with Gasteiger partial charge in [0.2, 0.25) is 11.8 Å². The first-order chi connectivity index (χ1) is 13.9. The number of piperazine rings is 1. The molecule has 3 aliphatic rings. The first-order valence-electron chi connectivity index (χ1n) is 10.3. The van der Waals surface area contributed by atoms with Crippen LogP contribution in [0.15, 0.2) is 18.2 Å². The molecule has 0 spiro atoms. The fourth-order valence-electron chi connectivity index (χ4n) is 4.75. The molecule has 1 aromatic carbocycles. The quantitative estimate of drug-likeness (QED) is 0.793. The average molecular weight is 402 g/mol. The summed E-state index contributed by atoms with van der Waals surface area (Å²) in [5.41, 5.74) is 6.74. The standard InChI is InChI=1S/C21H27FN4O3/c1-25-8-9-26(12-19(25)27)21(29)16-10-13(6-7-17(16)22)11-18-14-4-2-3-5-15(14)20(28)24-23-18/h6-7,10,14-15,18,23H,2-5,8-9,11-12H2,1H3,(H,24,28). The van der Waals surface area contributed by atoms with Gasteiger partial charge in [0.25, 0.3) is 5.91 Å². The summed E-state index contributed by atoms with van der Waals surface area (Å²) in [6, 6.07) is 4.66. The lowest BCUT2D eigenvalue weighted by molar-refractivity contribution is -0.134. The van der Waals surface area contributed by atoms with Crippen molar-refractivity contribution in [2.75, 3.05) is 26.7 Å². The zero-order valence-corrected chi connectivity index (χ0v) is 16.6. The fraction of sp³-hybridized carbons (Fsp3) is 0.571. The Morgan fingerprint density at radius 1 is 1.21 bits per heavy atom. The molecular formula is C21H27FN4O3. The Hall–Kier alpha value is -2.48. The van der Waals surface area contributed by atoms with E-state index in [2.05, 4.69) is 10.9 Å². The van der Waals surface area contributed by atoms with Gasteiger partial charge in [-0.25, -0.2) is 9.82 Å². The van der Waals surface area contributed by atoms with E-state index in [0.717, 1.165) is 31.2 Å². The monoisotopic (exact) mass is 402 g/mol. The largest absolute Gasteiger partial charge is 0.342 e. The lowest BCUT2D eigenvalue weighted by Gasteiger charge is -2.41. The molecule has 3 unspecified atom stereocenters. The van der Waals surface area contributed by atoms with Crippen molar-refractivity contribution >= 4 is 17.7 Å². The van der Waals surface area contributed by atoms with Crippen molar-refractivity contribution in [1.82, 2.24) is 20.7 Å². The van der Waals surface area contributed by atoms with Crippen LogP contribution in [0, 0.1) is 17.7 Å². The smallest absolute Gasteiger partial charge is 0.257 e. The second kappa shape index (κ2) is 8.10. The van der Waals surface area contributed by atoms with Crippen LogP contribution in [0.4, 0.5) is 4.39 Å². The molecule has 1 aromatic rings. The maximum absolute atomic E-state index is 14.4. The van der Waals surface area contributed by atoms with E-state index in [4.69, 9.17) is 0 Å². The molecule has 3 atom stereocenters. The molecule has 4 rings (SSSR count). The highest BCUT2D eigenvalue weighted by molar-refractivity contribution is 5.97. The minimum Gasteiger partial charge on any atom is -0.342 e. The molecule has 1 aliphatic carbocycles. The number of nitrogens with one attached hydrogen (secondary N) is 2. The summed E-state index contributed by atoms with van der Waals surface area (Å²) in [4.78, 5) is 39.8. The van der Waals surface area contributed by atoms with Crippen molar-refractivity contribution in [3.8, 4) is 0 Å². The van der Waals surface area contributed by atoms with Gasteiger partial charge in [-0.05, 0) is 42.9 Å². The van der Waals surface area contributed by atoms with Gasteiger partial charge in [0.15, 0.2) is 0 Å². The number of nitrogens with zero attached hydrogens (tertiary/aromatic N) is 2. The van der Waals surface area contributed by atoms with Gasteiger partial charge < -0.3 is 9.80 Å². The van der Waals surface area contributed by atoms with Gasteiger partial charge in [0.05, 0.1) is 5.56 Å². The minimum absolute atomic E-state index is 0.0000998. The van der Waals surface area contributed by atoms with E-state index in [1.807, 2.05) is 0 Å². The van der Waals surface area contributed by atoms with Gasteiger partial charge in [-0.2, -0.15) is 0 Å². The molecule has 3 amide bonds. The first-order valence-corrected chi connectivity index (χ1v) is 10.3. The Labute approximate surface area is 169 Å². The highest BCUT2D eigenvalue weighted by atomic mass is 19.1. The van der Waals surface area contributed by atoms with Crippen molar-refractivity contribution in [3.63, 3.8) is 0 Å². The van der Waals surface area contributed by atoms with Crippen LogP contribution in [0.5, 0.6) is 0 Å². The molecule has 0 radical (unpaired) electrons. The van der Waals surface area contributed by atoms with Crippen molar-refractivity contribution in [2.24, 2.45) is 11.8 Å². The Balaban J connectivity index is 1.50. The molecule has 0 bridgehead atoms. The molecule has 2 heterocycles. The molecule has 2 saturated heterocycles. The summed E-state index contributed by atoms with van der Waals surface area (Å²) < 4.78 is 14.4. The van der Waals surface area contributed by atoms with Gasteiger partial charge in [0.1, 0.15) is 12.4 Å². The minimum atomic E-state index is -0.578. The van der Waals surface area contributed by atoms with Crippen LogP contribution in [0.25, 0.3) is 0 Å². The lowest BCUT2D eigenvalue weighted by atomic mass is 9.72. The molecule has 8 heteroatoms. The molecule has 2 N–H and O–H groups in total. The van der Waals surface area contributed by atoms with E-state index in [0.29, 0.717) is 19.5 Å². The molecule has 3 fully saturated rings. The van der Waals surface area contributed by atoms with Crippen molar-refractivity contribution in [3.05, 3.63) is 35.1 Å². The van der Waals surface area contributed by atoms with Crippen LogP contribution >= 0.6 is 0 Å². The van der Waals surface area contributed by atoms with E-state index < -0.39 is 11.7 Å². The third-order valence-electron chi connectivity index (χ3n) is 6.51. The third kappa shape index (κ3) is 3.99. The molecule has 7 nitrogen and oxygen atoms in total. The van der Waals surface area contributed by atoms with E-state index in [1.165, 1.54) is 11.0 Å². The summed E-state index contributed by atoms with van der Waals surface area (Å²) in [7, 11) is 1.69. The number of hydrazine groups is 1. The second-order valence-electron chi connectivity index (χ2n) is 8.36. The highest BCUT2D eigenvalue weighted by Gasteiger charge is 2.40. The number of hydrogen-bond acceptors (Lipinski definition) is 4. The SMILES string of the molecule is CN1CCN(C(=O)c2cc(CC3NNC(=O)C4CCCCC34)ccc2F)CC1=O. The highest BCUT2D eigenvalue weighted by Crippen LogP contribution is 2.35. The number of likely N-dealkylation sites (N-methyl/N-ethyl adjacent to an activating group) is 1. The van der Waals surface area contributed by atoms with Gasteiger partial charge in [-0.3, -0.25) is 19.8 Å². The molecular weight excluding hydrogens is 375 g/mol. The van der Waals surface area contributed by atoms with Crippen LogP contribution < -0.4 is 10.9 Å². The van der Waals surface area contributed by atoms with Crippen LogP contribution in [0.2, 0.25) is 0 Å². The third-order valence-corrected chi connectivity index (χ3v) is 6.51. The zero-order chi connectivity index (χ0) is 20.5. The zero-order valence-electron chi connectivity index (χ0n) is 16.6. The van der Waals surface area contributed by atoms with E-state index >= 15 is 0 Å². The van der Waals surface area contributed by atoms with Gasteiger partial charge in [-0.15, -0.1) is 0 Å². The van der Waals surface area contributed by atoms with Crippen LogP contribution in [0.3, 0.4) is 0 Å². The topological polar surface area (TPSA) is 81.8 Å². The van der Waals surface area contributed by atoms with Gasteiger partial charge in [-0.1, -0.05) is 18.9 Å². The van der Waals surface area contributed by atoms with Gasteiger partial charge >= 0.3 is 0 Å². The summed E-state index contributed by atoms with van der Waals surface area (Å²) >= 11 is 0. The number of carbonyl (C=O) groups excluding carboxylic acids is 3. The Bertz CT molecular complexity index is 830. The summed E-state index contributed by atoms with van der Waals surface area (Å²) in [6.07, 6.45) is 4.67. The molecule has 2 aliphatic heterocycles. The number of fused-ring (bicyclic) bond motifs is 1. The van der Waals surface area contributed by atoms with Crippen LogP contribution in [-0.4, -0.2) is 60.2 Å². The van der Waals surface area contributed by atoms with E-state index in [9.17, 15) is 18.8 Å². The summed E-state index contributed by atoms with van der Waals surface area (Å²) in [5, 5.41) is 0. The maximum atomic E-state index is 14.4. The Morgan fingerprint density at radius 3 is 2.79 bits per heavy atom. The predicted octanol–water partition coefficient (Wildman–Crippen LogP) is 1.09. The van der Waals surface area contributed by atoms with E-state index in [-0.39, 0.29) is 41.8 Å². The number of halogens is 1. The number of carbonyl (C=O) groups is 3. The molecule has 0 aromatic heterocycles. The second-order valence-corrected chi connectivity index (χ2v) is 8.36. The van der Waals surface area contributed by atoms with Crippen LogP contribution in [-0.2, 0) is 16.0 Å². The molecule has 156 valence electrons. The number of amides is 3. The predicted molar refractivity (Wildman–Crippen MR) is 104 cm³/mol. The fourth-order valence-corrected chi connectivity index (χ4v) is 4.75.